The van der Waals surface area contributed by atoms with Crippen molar-refractivity contribution in [2.75, 3.05) is 46.1 Å². The first kappa shape index (κ1) is 115. The number of ether oxygens (including phenoxy) is 2. The monoisotopic (exact) mass is 1810 g/mol. The van der Waals surface area contributed by atoms with Crippen molar-refractivity contribution in [2.24, 2.45) is 28.4 Å². The number of azide groups is 1. The Bertz CT molecular complexity index is 4000. The second-order valence-electron chi connectivity index (χ2n) is 27.8. The molecule has 126 heavy (non-hydrogen) atoms. The second kappa shape index (κ2) is 58.9. The Labute approximate surface area is 715 Å². The van der Waals surface area contributed by atoms with Gasteiger partial charge in [0.25, 0.3) is 11.8 Å². The van der Waals surface area contributed by atoms with Crippen molar-refractivity contribution in [3.05, 3.63) is 22.3 Å². The Morgan fingerprint density at radius 3 is 1.16 bits per heavy atom. The number of unbranched alkanes of at least 4 members (excludes halogenated alkanes) is 1. The second-order valence-corrected chi connectivity index (χ2v) is 27.8. The maximum absolute atomic E-state index is 13.5. The molecule has 0 saturated carbocycles. The molecule has 14 amide bonds. The van der Waals surface area contributed by atoms with Crippen LogP contribution in [-0.4, -0.2) is 350 Å². The first-order chi connectivity index (χ1) is 58.0. The number of amides is 14. The topological polar surface area (TPSA) is 878 Å². The summed E-state index contributed by atoms with van der Waals surface area (Å²) in [7, 11) is 0. The number of terminal acetylenes is 1. The number of carboxylic acids is 6. The number of rotatable bonds is 51. The fourth-order valence-electron chi connectivity index (χ4n) is 10.8. The summed E-state index contributed by atoms with van der Waals surface area (Å²) in [5.74, 6) is -24.8. The Morgan fingerprint density at radius 1 is 0.492 bits per heavy atom. The maximum atomic E-state index is 13.5. The van der Waals surface area contributed by atoms with E-state index in [1.165, 1.54) is 33.9 Å². The first-order valence-electron chi connectivity index (χ1n) is 37.3. The molecule has 2 fully saturated rings. The number of aromatic nitrogens is 3. The van der Waals surface area contributed by atoms with Gasteiger partial charge in [0.05, 0.1) is 57.8 Å². The number of primary amides is 2. The fourth-order valence-corrected chi connectivity index (χ4v) is 10.8. The highest BCUT2D eigenvalue weighted by Gasteiger charge is 2.50. The Morgan fingerprint density at radius 2 is 0.841 bits per heavy atom. The van der Waals surface area contributed by atoms with Crippen molar-refractivity contribution in [3.63, 3.8) is 0 Å². The van der Waals surface area contributed by atoms with Gasteiger partial charge in [-0.15, -0.1) is 17.4 Å². The SMILES string of the molecule is C.C.C#CCCCF.CC(C)[C@H](NC(=O)[C@H](CCC(=O)O)NC(=O)[C@H](CC(=O)O)NC(=O)C1OC(CNC(=O)CN=[N+]=[N-])C(O)C(O)C1O)C(=O)N[C@@H](CC(=O)O)C(=O)NCC(N)=O.CC(C)[C@H](NC(=O)[C@H](CCC(=O)O)NC(=O)[C@H](CC(=O)O)NC(=O)C1OC(CNC(=O)Cn2cc(CCCF)nn2)C(O)C(O)C1O)C(=O)N[C@@H](CC(=O)O)C(=O)NCC(N)=O. The zero-order valence-corrected chi connectivity index (χ0v) is 66.8. The standard InChI is InChI=1S/C34H51FN10O17.C29H44N10O17.C5H7F.2CH4/c1-14(2)25(33(60)40-17(8-23(50)51)30(57)38-11-20(36)46)42-31(58)16(5-6-22(48)49)39-32(59)18(9-24(52)53)41-34(61)29-28(56)27(55)26(54)19(62-29)10-37-21(47)13-45-12-15(43-44-45)4-3-7-35;1-10(2)20(28(54)36-12(5-18(44)45)25(51)33-8-15(30)40)38-26(52)11(3-4-17(42)43)35-27(53)13(6-19(46)47)37-29(55)24-23(50)22(49)21(48)14(56-24)7-32-16(41)9-34-39-31;1-2-3-4-5-6;;/h12,14,16-19,25-29,54-56H,3-11,13H2,1-2H3,(H2,36,46)(H,37,47)(H,38,57)(H,39,59)(H,40,60)(H,41,61)(H,42,58)(H,48,49)(H,50,51)(H,52,53);10-14,20-24,48-50H,3-9H2,1-2H3,(H2,30,40)(H,32,41)(H,33,51)(H,35,53)(H,36,54)(H,37,55)(H,38,52)(H,42,43)(H,44,45)(H,46,47);1H,3-5H2;2*1H4/t16-,17-,18-,19?,25-,26?,27?,28?,29?;11-,12-,13-,14?,20-,21?,22?,23?,24?;;;/m00.../s1. The molecule has 1 aromatic rings. The number of nitrogens with one attached hydrogen (secondary N) is 12. The van der Waals surface area contributed by atoms with Crippen LogP contribution < -0.4 is 75.3 Å². The quantitative estimate of drug-likeness (QED) is 0.00947. The molecule has 0 bridgehead atoms. The number of carboxylic acid groups (broad SMARTS) is 6. The van der Waals surface area contributed by atoms with Crippen molar-refractivity contribution in [2.45, 2.75) is 236 Å². The van der Waals surface area contributed by atoms with Gasteiger partial charge in [-0.05, 0) is 49.5 Å². The molecule has 1 aromatic heterocycles. The van der Waals surface area contributed by atoms with E-state index in [1.54, 1.807) is 0 Å². The van der Waals surface area contributed by atoms with Crippen molar-refractivity contribution in [1.29, 1.82) is 0 Å². The van der Waals surface area contributed by atoms with Gasteiger partial charge in [-0.2, -0.15) is 0 Å². The van der Waals surface area contributed by atoms with E-state index < -0.39 is 337 Å². The zero-order chi connectivity index (χ0) is 94.5. The van der Waals surface area contributed by atoms with Gasteiger partial charge >= 0.3 is 35.8 Å². The minimum Gasteiger partial charge on any atom is -0.481 e. The van der Waals surface area contributed by atoms with E-state index in [4.69, 9.17) is 32.9 Å². The molecule has 0 spiro atoms. The number of aliphatic hydroxyl groups excluding tert-OH is 6. The molecule has 3 heterocycles. The maximum Gasteiger partial charge on any atom is 0.305 e. The molecule has 10 unspecified atom stereocenters. The lowest BCUT2D eigenvalue weighted by Crippen LogP contribution is -2.65. The molecule has 2 aliphatic rings. The highest BCUT2D eigenvalue weighted by Crippen LogP contribution is 2.24. The number of carbonyl (C=O) groups is 20. The van der Waals surface area contributed by atoms with Gasteiger partial charge in [0.15, 0.2) is 12.2 Å². The zero-order valence-electron chi connectivity index (χ0n) is 66.8. The number of nitrogens with zero attached hydrogens (tertiary/aromatic N) is 6. The summed E-state index contributed by atoms with van der Waals surface area (Å²) in [5, 5.41) is 155. The van der Waals surface area contributed by atoms with Crippen LogP contribution in [0.4, 0.5) is 8.78 Å². The third kappa shape index (κ3) is 42.8. The van der Waals surface area contributed by atoms with E-state index in [0.717, 1.165) is 4.68 Å². The van der Waals surface area contributed by atoms with E-state index >= 15 is 0 Å². The van der Waals surface area contributed by atoms with Crippen molar-refractivity contribution in [3.8, 4) is 12.3 Å². The molecule has 54 nitrogen and oxygen atoms in total. The van der Waals surface area contributed by atoms with Crippen molar-refractivity contribution >= 4 is 119 Å². The Hall–Kier alpha value is -13.0. The lowest BCUT2D eigenvalue weighted by Gasteiger charge is -2.40. The summed E-state index contributed by atoms with van der Waals surface area (Å²) < 4.78 is 35.5. The minimum atomic E-state index is -2.18. The van der Waals surface area contributed by atoms with Gasteiger partial charge in [0.2, 0.25) is 70.9 Å². The predicted molar refractivity (Wildman–Crippen MR) is 417 cm³/mol. The average Bonchev–Trinajstić information content (AvgIpc) is 0.860. The number of hydrogen-bond donors (Lipinski definition) is 26. The molecular weight excluding hydrogens is 1700 g/mol. The molecule has 2 saturated heterocycles. The molecular formula is C70H110F2N20O34. The fraction of sp³-hybridized carbons (Fsp3) is 0.657. The number of aliphatic carboxylic acids is 6. The normalized spacial score (nSPS) is 19.7. The highest BCUT2D eigenvalue weighted by molar-refractivity contribution is 6.00. The van der Waals surface area contributed by atoms with Gasteiger partial charge in [-0.25, -0.2) is 4.68 Å². The number of halogens is 2. The van der Waals surface area contributed by atoms with Crippen LogP contribution in [0.25, 0.3) is 10.4 Å². The molecule has 2 aliphatic heterocycles. The van der Waals surface area contributed by atoms with Gasteiger partial charge in [-0.1, -0.05) is 52.9 Å². The van der Waals surface area contributed by atoms with Crippen molar-refractivity contribution < 1.29 is 175 Å². The number of nitrogens with two attached hydrogens (primary N) is 2. The van der Waals surface area contributed by atoms with E-state index in [1.807, 2.05) is 21.3 Å². The first-order valence-corrected chi connectivity index (χ1v) is 37.3. The van der Waals surface area contributed by atoms with Crippen molar-refractivity contribution in [1.82, 2.24) is 78.8 Å². The Kier molecular flexibility index (Phi) is 53.8. The molecule has 0 radical (unpaired) electrons. The van der Waals surface area contributed by atoms with E-state index in [9.17, 15) is 166 Å². The third-order valence-electron chi connectivity index (χ3n) is 17.1. The summed E-state index contributed by atoms with van der Waals surface area (Å²) in [6, 6.07) is -14.6. The number of alkyl halides is 2. The number of aryl methyl sites for hydroxylation is 1. The van der Waals surface area contributed by atoms with Crippen LogP contribution in [0.2, 0.25) is 0 Å². The largest absolute Gasteiger partial charge is 0.481 e. The Balaban J connectivity index is 0. The highest BCUT2D eigenvalue weighted by atomic mass is 19.1. The van der Waals surface area contributed by atoms with Gasteiger partial charge in [0.1, 0.15) is 110 Å². The van der Waals surface area contributed by atoms with Gasteiger partial charge in [-0.3, -0.25) is 105 Å². The third-order valence-corrected chi connectivity index (χ3v) is 17.1. The summed E-state index contributed by atoms with van der Waals surface area (Å²) >= 11 is 0. The number of aliphatic hydroxyl groups is 6. The molecule has 18 atom stereocenters. The summed E-state index contributed by atoms with van der Waals surface area (Å²) in [6.45, 7) is 1.15. The van der Waals surface area contributed by atoms with Crippen LogP contribution in [-0.2, 0) is 118 Å². The molecule has 28 N–H and O–H groups in total. The van der Waals surface area contributed by atoms with E-state index in [2.05, 4.69) is 68.8 Å². The van der Waals surface area contributed by atoms with E-state index in [-0.39, 0.29) is 34.4 Å². The van der Waals surface area contributed by atoms with Crippen LogP contribution >= 0.6 is 0 Å². The molecule has 0 aliphatic carbocycles. The smallest absolute Gasteiger partial charge is 0.305 e. The van der Waals surface area contributed by atoms with Gasteiger partial charge < -0.3 is 146 Å². The lowest BCUT2D eigenvalue weighted by atomic mass is 9.94. The molecule has 3 rings (SSSR count). The summed E-state index contributed by atoms with van der Waals surface area (Å²) in [5.41, 5.74) is 18.7. The minimum absolute atomic E-state index is 0. The molecule has 56 heteroatoms. The average molecular weight is 1810 g/mol. The van der Waals surface area contributed by atoms with Crippen LogP contribution in [0, 0.1) is 24.2 Å². The van der Waals surface area contributed by atoms with Crippen LogP contribution in [0.1, 0.15) is 119 Å². The summed E-state index contributed by atoms with van der Waals surface area (Å²) in [6.07, 6.45) is -19.2. The van der Waals surface area contributed by atoms with Gasteiger partial charge in [0, 0.05) is 43.5 Å². The summed E-state index contributed by atoms with van der Waals surface area (Å²) in [4.78, 5) is 250. The van der Waals surface area contributed by atoms with Crippen LogP contribution in [0.3, 0.4) is 0 Å². The van der Waals surface area contributed by atoms with E-state index in [0.29, 0.717) is 18.5 Å². The van der Waals surface area contributed by atoms with Crippen LogP contribution in [0.15, 0.2) is 11.3 Å². The predicted octanol–water partition coefficient (Wildman–Crippen LogP) is -10.9. The van der Waals surface area contributed by atoms with Crippen LogP contribution in [0.5, 0.6) is 0 Å². The molecule has 0 aromatic carbocycles. The lowest BCUT2D eigenvalue weighted by molar-refractivity contribution is -0.219. The number of hydrogen-bond acceptors (Lipinski definition) is 31. The molecule has 708 valence electrons. The number of carbonyl (C=O) groups excluding carboxylic acids is 14.